The molecule has 0 aliphatic heterocycles. The Morgan fingerprint density at radius 2 is 1.61 bits per heavy atom. The fourth-order valence-electron chi connectivity index (χ4n) is 2.25. The van der Waals surface area contributed by atoms with Crippen LogP contribution in [0.2, 0.25) is 0 Å². The Hall–Kier alpha value is -0.570. The Morgan fingerprint density at radius 3 is 2.11 bits per heavy atom. The first-order valence-electron chi connectivity index (χ1n) is 6.49. The summed E-state index contributed by atoms with van der Waals surface area (Å²) in [5, 5.41) is 13.7. The molecule has 0 spiro atoms. The van der Waals surface area contributed by atoms with Crippen LogP contribution in [-0.4, -0.2) is 17.2 Å². The zero-order chi connectivity index (χ0) is 12.8. The van der Waals surface area contributed by atoms with Crippen molar-refractivity contribution in [3.05, 3.63) is 35.9 Å². The zero-order valence-electron chi connectivity index (χ0n) is 11.8. The van der Waals surface area contributed by atoms with Crippen LogP contribution in [0, 0.1) is 5.92 Å². The van der Waals surface area contributed by atoms with Gasteiger partial charge >= 0.3 is 0 Å². The third-order valence-corrected chi connectivity index (χ3v) is 2.99. The molecule has 18 heavy (non-hydrogen) atoms. The number of aliphatic hydroxyl groups is 1. The molecule has 0 saturated carbocycles. The van der Waals surface area contributed by atoms with E-state index in [1.54, 1.807) is 0 Å². The summed E-state index contributed by atoms with van der Waals surface area (Å²) < 4.78 is 0. The minimum atomic E-state index is -0.439. The highest BCUT2D eigenvalue weighted by molar-refractivity contribution is 5.85. The lowest BCUT2D eigenvalue weighted by Crippen LogP contribution is -2.39. The molecule has 1 aromatic rings. The van der Waals surface area contributed by atoms with Gasteiger partial charge in [-0.1, -0.05) is 44.2 Å². The topological polar surface area (TPSA) is 32.3 Å². The molecule has 2 N–H and O–H groups in total. The van der Waals surface area contributed by atoms with Crippen LogP contribution >= 0.6 is 12.4 Å². The van der Waals surface area contributed by atoms with Crippen LogP contribution in [0.1, 0.15) is 45.8 Å². The van der Waals surface area contributed by atoms with E-state index in [1.807, 2.05) is 37.3 Å². The fraction of sp³-hybridized carbons (Fsp3) is 0.600. The van der Waals surface area contributed by atoms with Gasteiger partial charge in [0.1, 0.15) is 0 Å². The quantitative estimate of drug-likeness (QED) is 0.829. The minimum absolute atomic E-state index is 0. The first kappa shape index (κ1) is 17.4. The number of nitrogens with one attached hydrogen (secondary N) is 1. The third kappa shape index (κ3) is 5.85. The maximum atomic E-state index is 10.2. The average molecular weight is 272 g/mol. The van der Waals surface area contributed by atoms with Crippen molar-refractivity contribution in [2.45, 2.75) is 52.3 Å². The number of benzene rings is 1. The maximum absolute atomic E-state index is 10.2. The molecule has 3 heteroatoms. The van der Waals surface area contributed by atoms with Gasteiger partial charge in [-0.15, -0.1) is 12.4 Å². The number of aliphatic hydroxyl groups excluding tert-OH is 1. The first-order valence-corrected chi connectivity index (χ1v) is 6.49. The van der Waals surface area contributed by atoms with Gasteiger partial charge in [-0.25, -0.2) is 0 Å². The number of rotatable bonds is 6. The summed E-state index contributed by atoms with van der Waals surface area (Å²) >= 11 is 0. The molecule has 104 valence electrons. The van der Waals surface area contributed by atoms with Crippen LogP contribution < -0.4 is 5.32 Å². The molecular formula is C15H26ClNO. The SMILES string of the molecule is CC(C)C[C@@H](C)N[C@@H](C)[C@H](O)c1ccccc1.Cl. The van der Waals surface area contributed by atoms with Crippen molar-refractivity contribution in [3.8, 4) is 0 Å². The predicted molar refractivity (Wildman–Crippen MR) is 80.2 cm³/mol. The van der Waals surface area contributed by atoms with Crippen LogP contribution in [0.4, 0.5) is 0 Å². The van der Waals surface area contributed by atoms with Gasteiger partial charge in [0.15, 0.2) is 0 Å². The molecule has 0 aliphatic rings. The van der Waals surface area contributed by atoms with E-state index >= 15 is 0 Å². The summed E-state index contributed by atoms with van der Waals surface area (Å²) in [6, 6.07) is 10.3. The lowest BCUT2D eigenvalue weighted by Gasteiger charge is -2.25. The van der Waals surface area contributed by atoms with Gasteiger partial charge in [0.05, 0.1) is 6.10 Å². The molecule has 3 atom stereocenters. The summed E-state index contributed by atoms with van der Waals surface area (Å²) in [5.41, 5.74) is 0.976. The van der Waals surface area contributed by atoms with E-state index in [1.165, 1.54) is 0 Å². The largest absolute Gasteiger partial charge is 0.387 e. The second-order valence-electron chi connectivity index (χ2n) is 5.34. The van der Waals surface area contributed by atoms with E-state index in [-0.39, 0.29) is 18.4 Å². The van der Waals surface area contributed by atoms with Crippen LogP contribution in [0.15, 0.2) is 30.3 Å². The van der Waals surface area contributed by atoms with E-state index in [0.717, 1.165) is 12.0 Å². The highest BCUT2D eigenvalue weighted by Crippen LogP contribution is 2.17. The Kier molecular flexibility index (Phi) is 8.25. The highest BCUT2D eigenvalue weighted by Gasteiger charge is 2.18. The second kappa shape index (κ2) is 8.52. The van der Waals surface area contributed by atoms with Gasteiger partial charge in [0.2, 0.25) is 0 Å². The summed E-state index contributed by atoms with van der Waals surface area (Å²) in [7, 11) is 0. The maximum Gasteiger partial charge on any atom is 0.0940 e. The van der Waals surface area contributed by atoms with Crippen molar-refractivity contribution in [3.63, 3.8) is 0 Å². The Balaban J connectivity index is 0.00000289. The molecule has 0 radical (unpaired) electrons. The fourth-order valence-corrected chi connectivity index (χ4v) is 2.25. The Morgan fingerprint density at radius 1 is 1.06 bits per heavy atom. The first-order chi connectivity index (χ1) is 8.00. The van der Waals surface area contributed by atoms with Gasteiger partial charge in [-0.2, -0.15) is 0 Å². The van der Waals surface area contributed by atoms with Crippen molar-refractivity contribution < 1.29 is 5.11 Å². The van der Waals surface area contributed by atoms with Crippen molar-refractivity contribution in [1.82, 2.24) is 5.32 Å². The van der Waals surface area contributed by atoms with Gasteiger partial charge in [-0.05, 0) is 31.7 Å². The molecule has 0 heterocycles. The van der Waals surface area contributed by atoms with Crippen LogP contribution in [0.5, 0.6) is 0 Å². The summed E-state index contributed by atoms with van der Waals surface area (Å²) in [4.78, 5) is 0. The van der Waals surface area contributed by atoms with Crippen LogP contribution in [0.25, 0.3) is 0 Å². The number of halogens is 1. The highest BCUT2D eigenvalue weighted by atomic mass is 35.5. The molecule has 0 amide bonds. The number of hydrogen-bond acceptors (Lipinski definition) is 2. The summed E-state index contributed by atoms with van der Waals surface area (Å²) in [6.45, 7) is 8.65. The van der Waals surface area contributed by atoms with Gasteiger partial charge in [0, 0.05) is 12.1 Å². The van der Waals surface area contributed by atoms with Crippen LogP contribution in [0.3, 0.4) is 0 Å². The summed E-state index contributed by atoms with van der Waals surface area (Å²) in [6.07, 6.45) is 0.692. The molecule has 0 unspecified atom stereocenters. The molecule has 1 aromatic carbocycles. The third-order valence-electron chi connectivity index (χ3n) is 2.99. The second-order valence-corrected chi connectivity index (χ2v) is 5.34. The molecule has 0 fully saturated rings. The standard InChI is InChI=1S/C15H25NO.ClH/c1-11(2)10-12(3)16-13(4)15(17)14-8-6-5-7-9-14;/h5-9,11-13,15-17H,10H2,1-4H3;1H/t12-,13+,15+;/m1./s1. The molecule has 0 bridgehead atoms. The smallest absolute Gasteiger partial charge is 0.0940 e. The Bertz CT molecular complexity index is 316. The average Bonchev–Trinajstić information content (AvgIpc) is 2.28. The molecule has 0 aromatic heterocycles. The predicted octanol–water partition coefficient (Wildman–Crippen LogP) is 3.55. The minimum Gasteiger partial charge on any atom is -0.387 e. The van der Waals surface area contributed by atoms with Gasteiger partial charge in [0.25, 0.3) is 0 Å². The van der Waals surface area contributed by atoms with E-state index < -0.39 is 6.10 Å². The van der Waals surface area contributed by atoms with Crippen LogP contribution in [-0.2, 0) is 0 Å². The zero-order valence-corrected chi connectivity index (χ0v) is 12.6. The monoisotopic (exact) mass is 271 g/mol. The van der Waals surface area contributed by atoms with E-state index in [9.17, 15) is 5.11 Å². The normalized spacial score (nSPS) is 15.9. The van der Waals surface area contributed by atoms with Crippen molar-refractivity contribution in [2.75, 3.05) is 0 Å². The van der Waals surface area contributed by atoms with E-state index in [4.69, 9.17) is 0 Å². The molecule has 0 aliphatic carbocycles. The van der Waals surface area contributed by atoms with Crippen molar-refractivity contribution >= 4 is 12.4 Å². The van der Waals surface area contributed by atoms with E-state index in [2.05, 4.69) is 26.1 Å². The van der Waals surface area contributed by atoms with Crippen molar-refractivity contribution in [2.24, 2.45) is 5.92 Å². The van der Waals surface area contributed by atoms with Crippen molar-refractivity contribution in [1.29, 1.82) is 0 Å². The number of hydrogen-bond donors (Lipinski definition) is 2. The van der Waals surface area contributed by atoms with E-state index in [0.29, 0.717) is 12.0 Å². The molecule has 1 rings (SSSR count). The molecule has 0 saturated heterocycles. The van der Waals surface area contributed by atoms with Gasteiger partial charge in [-0.3, -0.25) is 0 Å². The molecule has 2 nitrogen and oxygen atoms in total. The lowest BCUT2D eigenvalue weighted by molar-refractivity contribution is 0.128. The van der Waals surface area contributed by atoms with Gasteiger partial charge < -0.3 is 10.4 Å². The molecular weight excluding hydrogens is 246 g/mol. The lowest BCUT2D eigenvalue weighted by atomic mass is 10.0. The summed E-state index contributed by atoms with van der Waals surface area (Å²) in [5.74, 6) is 0.679. The Labute approximate surface area is 117 Å².